The lowest BCUT2D eigenvalue weighted by Crippen LogP contribution is -2.28. The Morgan fingerprint density at radius 3 is 2.42 bits per heavy atom. The third kappa shape index (κ3) is 6.03. The van der Waals surface area contributed by atoms with Gasteiger partial charge in [0.15, 0.2) is 0 Å². The van der Waals surface area contributed by atoms with Gasteiger partial charge in [-0.05, 0) is 30.5 Å². The fourth-order valence-electron chi connectivity index (χ4n) is 2.11. The molecule has 5 nitrogen and oxygen atoms in total. The number of hydrogen-bond donors (Lipinski definition) is 2. The summed E-state index contributed by atoms with van der Waals surface area (Å²) in [4.78, 5) is 12.6. The fourth-order valence-corrected chi connectivity index (χ4v) is 5.33. The quantitative estimate of drug-likeness (QED) is 0.671. The summed E-state index contributed by atoms with van der Waals surface area (Å²) >= 11 is 2.87. The maximum atomic E-state index is 12.6. The fraction of sp³-hybridized carbons (Fsp3) is 0.389. The first-order chi connectivity index (χ1) is 12.1. The monoisotopic (exact) mass is 412 g/mol. The Morgan fingerprint density at radius 1 is 1.15 bits per heavy atom. The predicted octanol–water partition coefficient (Wildman–Crippen LogP) is 4.12. The van der Waals surface area contributed by atoms with Crippen molar-refractivity contribution in [2.75, 3.05) is 17.0 Å². The van der Waals surface area contributed by atoms with Crippen molar-refractivity contribution in [3.8, 4) is 0 Å². The normalized spacial score (nSPS) is 12.0. The van der Waals surface area contributed by atoms with E-state index in [1.54, 1.807) is 29.3 Å². The van der Waals surface area contributed by atoms with E-state index in [-0.39, 0.29) is 20.4 Å². The van der Waals surface area contributed by atoms with Crippen LogP contribution in [0.4, 0.5) is 5.69 Å². The van der Waals surface area contributed by atoms with Crippen molar-refractivity contribution in [3.05, 3.63) is 46.2 Å². The van der Waals surface area contributed by atoms with Crippen LogP contribution in [0.3, 0.4) is 0 Å². The highest BCUT2D eigenvalue weighted by atomic mass is 32.2. The molecule has 0 spiro atoms. The first kappa shape index (κ1) is 20.8. The third-order valence-electron chi connectivity index (χ3n) is 3.35. The highest BCUT2D eigenvalue weighted by molar-refractivity contribution is 8.00. The van der Waals surface area contributed by atoms with Crippen molar-refractivity contribution in [2.45, 2.75) is 37.3 Å². The number of nitrogens with one attached hydrogen (secondary N) is 2. The maximum absolute atomic E-state index is 12.6. The van der Waals surface area contributed by atoms with E-state index in [1.807, 2.05) is 19.1 Å². The van der Waals surface area contributed by atoms with E-state index < -0.39 is 10.0 Å². The van der Waals surface area contributed by atoms with E-state index in [0.29, 0.717) is 12.2 Å². The lowest BCUT2D eigenvalue weighted by Gasteiger charge is -2.17. The molecule has 2 N–H and O–H groups in total. The molecular weight excluding hydrogens is 388 g/mol. The molecule has 0 aliphatic rings. The van der Waals surface area contributed by atoms with Gasteiger partial charge < -0.3 is 5.32 Å². The molecule has 0 saturated carbocycles. The number of thiophene rings is 1. The predicted molar refractivity (Wildman–Crippen MR) is 111 cm³/mol. The number of amides is 1. The summed E-state index contributed by atoms with van der Waals surface area (Å²) in [6, 6.07) is 8.50. The second-order valence-corrected chi connectivity index (χ2v) is 11.3. The molecule has 0 bridgehead atoms. The molecular formula is C18H24N2O3S3. The zero-order valence-electron chi connectivity index (χ0n) is 15.3. The van der Waals surface area contributed by atoms with E-state index in [2.05, 4.69) is 30.8 Å². The lowest BCUT2D eigenvalue weighted by atomic mass is 10.2. The first-order valence-corrected chi connectivity index (χ1v) is 11.5. The summed E-state index contributed by atoms with van der Waals surface area (Å²) in [5, 5.41) is 4.41. The van der Waals surface area contributed by atoms with E-state index in [4.69, 9.17) is 0 Å². The molecule has 0 radical (unpaired) electrons. The number of anilines is 1. The van der Waals surface area contributed by atoms with Crippen LogP contribution in [0.15, 0.2) is 40.6 Å². The van der Waals surface area contributed by atoms with E-state index in [0.717, 1.165) is 22.7 Å². The SMILES string of the molecule is Cc1ccc(NS(=O)(=O)c2ccsc2C(=O)NCCSC(C)(C)C)cc1. The number of aryl methyl sites for hydroxylation is 1. The van der Waals surface area contributed by atoms with Crippen LogP contribution in [0.5, 0.6) is 0 Å². The topological polar surface area (TPSA) is 75.3 Å². The van der Waals surface area contributed by atoms with Gasteiger partial charge in [-0.15, -0.1) is 11.3 Å². The lowest BCUT2D eigenvalue weighted by molar-refractivity contribution is 0.0957. The average molecular weight is 413 g/mol. The summed E-state index contributed by atoms with van der Waals surface area (Å²) in [5.41, 5.74) is 1.51. The largest absolute Gasteiger partial charge is 0.350 e. The zero-order valence-corrected chi connectivity index (χ0v) is 17.8. The summed E-state index contributed by atoms with van der Waals surface area (Å²) < 4.78 is 27.9. The molecule has 0 aliphatic carbocycles. The highest BCUT2D eigenvalue weighted by Crippen LogP contribution is 2.25. The molecule has 142 valence electrons. The Hall–Kier alpha value is -1.51. The Kier molecular flexibility index (Phi) is 6.76. The number of sulfonamides is 1. The van der Waals surface area contributed by atoms with Gasteiger partial charge in [0.1, 0.15) is 9.77 Å². The third-order valence-corrected chi connectivity index (χ3v) is 7.09. The number of benzene rings is 1. The Morgan fingerprint density at radius 2 is 1.81 bits per heavy atom. The summed E-state index contributed by atoms with van der Waals surface area (Å²) in [6.07, 6.45) is 0. The van der Waals surface area contributed by atoms with Crippen LogP contribution in [0.25, 0.3) is 0 Å². The summed E-state index contributed by atoms with van der Waals surface area (Å²) in [6.45, 7) is 8.75. The smallest absolute Gasteiger partial charge is 0.263 e. The molecule has 2 rings (SSSR count). The molecule has 1 heterocycles. The van der Waals surface area contributed by atoms with E-state index in [9.17, 15) is 13.2 Å². The number of carbonyl (C=O) groups is 1. The Bertz CT molecular complexity index is 851. The molecule has 0 atom stereocenters. The van der Waals surface area contributed by atoms with Crippen LogP contribution < -0.4 is 10.0 Å². The van der Waals surface area contributed by atoms with Gasteiger partial charge in [-0.1, -0.05) is 38.5 Å². The minimum Gasteiger partial charge on any atom is -0.350 e. The number of hydrogen-bond acceptors (Lipinski definition) is 5. The standard InChI is InChI=1S/C18H24N2O3S3/c1-13-5-7-14(8-6-13)20-26(22,23)15-9-11-24-16(15)17(21)19-10-12-25-18(2,3)4/h5-9,11,20H,10,12H2,1-4H3,(H,19,21). The van der Waals surface area contributed by atoms with Gasteiger partial charge in [-0.3, -0.25) is 9.52 Å². The van der Waals surface area contributed by atoms with Gasteiger partial charge in [-0.25, -0.2) is 8.42 Å². The first-order valence-electron chi connectivity index (χ1n) is 8.18. The van der Waals surface area contributed by atoms with Crippen LogP contribution in [0.1, 0.15) is 36.0 Å². The minimum atomic E-state index is -3.82. The van der Waals surface area contributed by atoms with Gasteiger partial charge in [0, 0.05) is 22.7 Å². The summed E-state index contributed by atoms with van der Waals surface area (Å²) in [7, 11) is -3.82. The number of rotatable bonds is 7. The average Bonchev–Trinajstić information content (AvgIpc) is 3.03. The molecule has 26 heavy (non-hydrogen) atoms. The van der Waals surface area contributed by atoms with Gasteiger partial charge >= 0.3 is 0 Å². The van der Waals surface area contributed by atoms with Gasteiger partial charge in [0.25, 0.3) is 15.9 Å². The Balaban J connectivity index is 2.06. The Labute approximate surface area is 163 Å². The molecule has 0 fully saturated rings. The maximum Gasteiger partial charge on any atom is 0.263 e. The van der Waals surface area contributed by atoms with Crippen molar-refractivity contribution in [1.82, 2.24) is 5.32 Å². The van der Waals surface area contributed by atoms with E-state index >= 15 is 0 Å². The number of carbonyl (C=O) groups excluding carboxylic acids is 1. The summed E-state index contributed by atoms with van der Waals surface area (Å²) in [5.74, 6) is 0.406. The second kappa shape index (κ2) is 8.45. The molecule has 0 unspecified atom stereocenters. The van der Waals surface area contributed by atoms with Crippen molar-refractivity contribution in [1.29, 1.82) is 0 Å². The molecule has 1 aromatic carbocycles. The van der Waals surface area contributed by atoms with Crippen LogP contribution in [-0.4, -0.2) is 31.4 Å². The molecule has 0 aliphatic heterocycles. The van der Waals surface area contributed by atoms with Crippen LogP contribution in [0.2, 0.25) is 0 Å². The van der Waals surface area contributed by atoms with Crippen molar-refractivity contribution >= 4 is 44.7 Å². The molecule has 0 saturated heterocycles. The zero-order chi connectivity index (χ0) is 19.4. The van der Waals surface area contributed by atoms with Crippen LogP contribution in [0, 0.1) is 6.92 Å². The van der Waals surface area contributed by atoms with Gasteiger partial charge in [-0.2, -0.15) is 11.8 Å². The van der Waals surface area contributed by atoms with Crippen molar-refractivity contribution < 1.29 is 13.2 Å². The highest BCUT2D eigenvalue weighted by Gasteiger charge is 2.24. The minimum absolute atomic E-state index is 0.00375. The molecule has 8 heteroatoms. The van der Waals surface area contributed by atoms with Crippen LogP contribution in [-0.2, 0) is 10.0 Å². The van der Waals surface area contributed by atoms with Gasteiger partial charge in [0.2, 0.25) is 0 Å². The van der Waals surface area contributed by atoms with Crippen molar-refractivity contribution in [3.63, 3.8) is 0 Å². The molecule has 1 amide bonds. The van der Waals surface area contributed by atoms with Crippen LogP contribution >= 0.6 is 23.1 Å². The number of thioether (sulfide) groups is 1. The van der Waals surface area contributed by atoms with Crippen molar-refractivity contribution in [2.24, 2.45) is 0 Å². The van der Waals surface area contributed by atoms with E-state index in [1.165, 1.54) is 6.07 Å². The van der Waals surface area contributed by atoms with Gasteiger partial charge in [0.05, 0.1) is 0 Å². The second-order valence-electron chi connectivity index (χ2n) is 6.80. The molecule has 1 aromatic heterocycles. The molecule has 2 aromatic rings.